The molecule has 0 aliphatic rings. The van der Waals surface area contributed by atoms with Crippen molar-refractivity contribution in [2.75, 3.05) is 5.73 Å². The number of aromatic nitrogens is 1. The van der Waals surface area contributed by atoms with Crippen LogP contribution in [0.2, 0.25) is 0 Å². The van der Waals surface area contributed by atoms with Crippen LogP contribution in [0.1, 0.15) is 16.1 Å². The van der Waals surface area contributed by atoms with Crippen molar-refractivity contribution in [3.05, 3.63) is 59.7 Å². The zero-order valence-electron chi connectivity index (χ0n) is 9.06. The van der Waals surface area contributed by atoms with Crippen molar-refractivity contribution in [2.24, 2.45) is 0 Å². The average molecular weight is 230 g/mol. The Morgan fingerprint density at radius 2 is 1.94 bits per heavy atom. The molecule has 1 heterocycles. The smallest absolute Gasteiger partial charge is 0.187 e. The van der Waals surface area contributed by atoms with Gasteiger partial charge in [0.2, 0.25) is 0 Å². The molecule has 0 aliphatic carbocycles. The van der Waals surface area contributed by atoms with Gasteiger partial charge in [-0.15, -0.1) is 0 Å². The number of nitrogen functional groups attached to an aromatic ring is 1. The molecule has 0 fully saturated rings. The standard InChI is InChI=1S/C13H11FN2O/c14-10-5-3-9(4-6-10)8-12(17)13-11(15)2-1-7-16-13/h1-7H,8,15H2. The second-order valence-corrected chi connectivity index (χ2v) is 3.67. The Morgan fingerprint density at radius 3 is 2.59 bits per heavy atom. The largest absolute Gasteiger partial charge is 0.397 e. The van der Waals surface area contributed by atoms with Crippen molar-refractivity contribution in [3.63, 3.8) is 0 Å². The van der Waals surface area contributed by atoms with E-state index in [1.165, 1.54) is 18.3 Å². The van der Waals surface area contributed by atoms with Crippen LogP contribution in [0.5, 0.6) is 0 Å². The molecule has 3 nitrogen and oxygen atoms in total. The number of ketones is 1. The fourth-order valence-corrected chi connectivity index (χ4v) is 1.52. The van der Waals surface area contributed by atoms with Crippen LogP contribution >= 0.6 is 0 Å². The number of carbonyl (C=O) groups is 1. The van der Waals surface area contributed by atoms with Crippen molar-refractivity contribution in [1.29, 1.82) is 0 Å². The van der Waals surface area contributed by atoms with Crippen LogP contribution in [-0.2, 0) is 6.42 Å². The number of benzene rings is 1. The van der Waals surface area contributed by atoms with Gasteiger partial charge >= 0.3 is 0 Å². The molecule has 0 bridgehead atoms. The third-order valence-corrected chi connectivity index (χ3v) is 2.38. The fourth-order valence-electron chi connectivity index (χ4n) is 1.52. The van der Waals surface area contributed by atoms with E-state index in [1.807, 2.05) is 0 Å². The highest BCUT2D eigenvalue weighted by Gasteiger charge is 2.11. The first-order chi connectivity index (χ1) is 8.16. The predicted molar refractivity (Wildman–Crippen MR) is 63.1 cm³/mol. The Balaban J connectivity index is 2.17. The van der Waals surface area contributed by atoms with Gasteiger partial charge in [-0.1, -0.05) is 12.1 Å². The lowest BCUT2D eigenvalue weighted by Crippen LogP contribution is -2.09. The highest BCUT2D eigenvalue weighted by atomic mass is 19.1. The Kier molecular flexibility index (Phi) is 3.14. The SMILES string of the molecule is Nc1cccnc1C(=O)Cc1ccc(F)cc1. The van der Waals surface area contributed by atoms with E-state index in [-0.39, 0.29) is 23.7 Å². The van der Waals surface area contributed by atoms with Gasteiger partial charge in [0, 0.05) is 12.6 Å². The number of nitrogens with two attached hydrogens (primary N) is 1. The number of rotatable bonds is 3. The lowest BCUT2D eigenvalue weighted by atomic mass is 10.1. The van der Waals surface area contributed by atoms with Crippen LogP contribution in [0.15, 0.2) is 42.6 Å². The number of anilines is 1. The van der Waals surface area contributed by atoms with Gasteiger partial charge in [0.25, 0.3) is 0 Å². The summed E-state index contributed by atoms with van der Waals surface area (Å²) in [5, 5.41) is 0. The lowest BCUT2D eigenvalue weighted by molar-refractivity contribution is 0.0989. The Bertz CT molecular complexity index is 537. The molecular weight excluding hydrogens is 219 g/mol. The van der Waals surface area contributed by atoms with E-state index in [2.05, 4.69) is 4.98 Å². The molecule has 0 unspecified atom stereocenters. The van der Waals surface area contributed by atoms with Gasteiger partial charge in [0.05, 0.1) is 5.69 Å². The minimum absolute atomic E-state index is 0.168. The maximum atomic E-state index is 12.7. The predicted octanol–water partition coefficient (Wildman–Crippen LogP) is 2.23. The maximum Gasteiger partial charge on any atom is 0.187 e. The summed E-state index contributed by atoms with van der Waals surface area (Å²) in [6.45, 7) is 0. The molecule has 1 aromatic carbocycles. The van der Waals surface area contributed by atoms with Crippen LogP contribution in [0.4, 0.5) is 10.1 Å². The number of nitrogens with zero attached hydrogens (tertiary/aromatic N) is 1. The molecule has 0 amide bonds. The first-order valence-corrected chi connectivity index (χ1v) is 5.15. The van der Waals surface area contributed by atoms with E-state index in [9.17, 15) is 9.18 Å². The van der Waals surface area contributed by atoms with Gasteiger partial charge in [-0.25, -0.2) is 4.39 Å². The summed E-state index contributed by atoms with van der Waals surface area (Å²) in [6.07, 6.45) is 1.69. The van der Waals surface area contributed by atoms with Crippen molar-refractivity contribution < 1.29 is 9.18 Å². The van der Waals surface area contributed by atoms with Crippen LogP contribution in [0.25, 0.3) is 0 Å². The Hall–Kier alpha value is -2.23. The first kappa shape index (κ1) is 11.3. The molecule has 2 rings (SSSR count). The number of Topliss-reactive ketones (excluding diaryl/α,β-unsaturated/α-hetero) is 1. The van der Waals surface area contributed by atoms with E-state index < -0.39 is 0 Å². The quantitative estimate of drug-likeness (QED) is 0.822. The second-order valence-electron chi connectivity index (χ2n) is 3.67. The number of halogens is 1. The first-order valence-electron chi connectivity index (χ1n) is 5.15. The molecule has 0 radical (unpaired) electrons. The number of pyridine rings is 1. The molecule has 0 atom stereocenters. The molecule has 0 aliphatic heterocycles. The van der Waals surface area contributed by atoms with Crippen molar-refractivity contribution in [1.82, 2.24) is 4.98 Å². The number of carbonyl (C=O) groups excluding carboxylic acids is 1. The summed E-state index contributed by atoms with van der Waals surface area (Å²) >= 11 is 0. The molecule has 4 heteroatoms. The monoisotopic (exact) mass is 230 g/mol. The summed E-state index contributed by atoms with van der Waals surface area (Å²) < 4.78 is 12.7. The topological polar surface area (TPSA) is 56.0 Å². The molecule has 17 heavy (non-hydrogen) atoms. The summed E-state index contributed by atoms with van der Waals surface area (Å²) in [7, 11) is 0. The van der Waals surface area contributed by atoms with Gasteiger partial charge in [0.15, 0.2) is 5.78 Å². The minimum atomic E-state index is -0.321. The van der Waals surface area contributed by atoms with Gasteiger partial charge in [-0.2, -0.15) is 0 Å². The fraction of sp³-hybridized carbons (Fsp3) is 0.0769. The molecule has 1 aromatic heterocycles. The third-order valence-electron chi connectivity index (χ3n) is 2.38. The lowest BCUT2D eigenvalue weighted by Gasteiger charge is -2.03. The van der Waals surface area contributed by atoms with Crippen LogP contribution in [0.3, 0.4) is 0 Å². The highest BCUT2D eigenvalue weighted by Crippen LogP contribution is 2.12. The van der Waals surface area contributed by atoms with Crippen LogP contribution in [-0.4, -0.2) is 10.8 Å². The zero-order chi connectivity index (χ0) is 12.3. The zero-order valence-corrected chi connectivity index (χ0v) is 9.06. The van der Waals surface area contributed by atoms with Gasteiger partial charge in [0.1, 0.15) is 11.5 Å². The third kappa shape index (κ3) is 2.66. The molecular formula is C13H11FN2O. The normalized spacial score (nSPS) is 10.2. The van der Waals surface area contributed by atoms with E-state index in [1.54, 1.807) is 24.3 Å². The maximum absolute atomic E-state index is 12.7. The Morgan fingerprint density at radius 1 is 1.24 bits per heavy atom. The molecule has 86 valence electrons. The van der Waals surface area contributed by atoms with Crippen LogP contribution < -0.4 is 5.73 Å². The van der Waals surface area contributed by atoms with Crippen LogP contribution in [0, 0.1) is 5.82 Å². The van der Waals surface area contributed by atoms with Crippen molar-refractivity contribution in [3.8, 4) is 0 Å². The van der Waals surface area contributed by atoms with Gasteiger partial charge in [-0.3, -0.25) is 9.78 Å². The minimum Gasteiger partial charge on any atom is -0.397 e. The highest BCUT2D eigenvalue weighted by molar-refractivity contribution is 5.99. The molecule has 0 spiro atoms. The summed E-state index contributed by atoms with van der Waals surface area (Å²) in [5.41, 5.74) is 7.02. The van der Waals surface area contributed by atoms with Crippen molar-refractivity contribution >= 4 is 11.5 Å². The van der Waals surface area contributed by atoms with Crippen molar-refractivity contribution in [2.45, 2.75) is 6.42 Å². The molecule has 0 saturated heterocycles. The number of hydrogen-bond donors (Lipinski definition) is 1. The van der Waals surface area contributed by atoms with Gasteiger partial charge in [-0.05, 0) is 29.8 Å². The molecule has 0 saturated carbocycles. The Labute approximate surface area is 98.1 Å². The molecule has 2 aromatic rings. The number of hydrogen-bond acceptors (Lipinski definition) is 3. The summed E-state index contributed by atoms with van der Waals surface area (Å²) in [5.74, 6) is -0.492. The van der Waals surface area contributed by atoms with E-state index in [0.29, 0.717) is 5.69 Å². The summed E-state index contributed by atoms with van der Waals surface area (Å²) in [6, 6.07) is 9.10. The summed E-state index contributed by atoms with van der Waals surface area (Å²) in [4.78, 5) is 15.8. The van der Waals surface area contributed by atoms with E-state index in [0.717, 1.165) is 5.56 Å². The van der Waals surface area contributed by atoms with E-state index >= 15 is 0 Å². The average Bonchev–Trinajstić information content (AvgIpc) is 2.32. The van der Waals surface area contributed by atoms with E-state index in [4.69, 9.17) is 5.73 Å². The van der Waals surface area contributed by atoms with Gasteiger partial charge < -0.3 is 5.73 Å². The molecule has 2 N–H and O–H groups in total. The second kappa shape index (κ2) is 4.74.